The van der Waals surface area contributed by atoms with E-state index in [1.165, 1.54) is 12.1 Å². The van der Waals surface area contributed by atoms with E-state index in [1.54, 1.807) is 0 Å². The van der Waals surface area contributed by atoms with Crippen LogP contribution in [-0.2, 0) is 23.1 Å². The highest BCUT2D eigenvalue weighted by molar-refractivity contribution is 7.89. The van der Waals surface area contributed by atoms with Crippen molar-refractivity contribution in [3.8, 4) is 0 Å². The van der Waals surface area contributed by atoms with Crippen LogP contribution in [0.2, 0.25) is 0 Å². The Morgan fingerprint density at radius 1 is 1.12 bits per heavy atom. The second-order valence-corrected chi connectivity index (χ2v) is 10.1. The molecule has 3 aromatic rings. The van der Waals surface area contributed by atoms with Crippen molar-refractivity contribution in [3.63, 3.8) is 0 Å². The first-order valence-corrected chi connectivity index (χ1v) is 12.3. The predicted molar refractivity (Wildman–Crippen MR) is 131 cm³/mol. The molecule has 0 saturated carbocycles. The van der Waals surface area contributed by atoms with Crippen molar-refractivity contribution in [2.75, 3.05) is 32.5 Å². The maximum atomic E-state index is 12.5. The van der Waals surface area contributed by atoms with E-state index in [-0.39, 0.29) is 22.8 Å². The van der Waals surface area contributed by atoms with Gasteiger partial charge in [-0.05, 0) is 45.6 Å². The number of nitrogens with zero attached hydrogens (tertiary/aromatic N) is 4. The molecule has 0 saturated heterocycles. The third kappa shape index (κ3) is 6.19. The number of nitrogens with one attached hydrogen (secondary N) is 2. The molecule has 2 N–H and O–H groups in total. The molecule has 34 heavy (non-hydrogen) atoms. The largest absolute Gasteiger partial charge is 0.375 e. The minimum absolute atomic E-state index is 0.147. The van der Waals surface area contributed by atoms with Crippen LogP contribution in [0, 0.1) is 24.0 Å². The molecule has 0 amide bonds. The van der Waals surface area contributed by atoms with Gasteiger partial charge in [-0.15, -0.1) is 0 Å². The molecule has 182 valence electrons. The molecule has 11 heteroatoms. The molecule has 0 bridgehead atoms. The quantitative estimate of drug-likeness (QED) is 0.316. The Kier molecular flexibility index (Phi) is 8.02. The van der Waals surface area contributed by atoms with Gasteiger partial charge in [0, 0.05) is 37.0 Å². The van der Waals surface area contributed by atoms with E-state index in [9.17, 15) is 18.5 Å². The summed E-state index contributed by atoms with van der Waals surface area (Å²) in [5.41, 5.74) is 3.79. The molecule has 1 heterocycles. The number of nitro benzene ring substituents is 1. The summed E-state index contributed by atoms with van der Waals surface area (Å²) in [6.07, 6.45) is 0. The summed E-state index contributed by atoms with van der Waals surface area (Å²) in [6.45, 7) is 5.52. The van der Waals surface area contributed by atoms with Crippen molar-refractivity contribution in [1.29, 1.82) is 0 Å². The minimum atomic E-state index is -3.86. The first-order valence-electron chi connectivity index (χ1n) is 10.8. The van der Waals surface area contributed by atoms with Gasteiger partial charge in [0.2, 0.25) is 10.0 Å². The van der Waals surface area contributed by atoms with Crippen molar-refractivity contribution in [2.24, 2.45) is 0 Å². The van der Waals surface area contributed by atoms with Gasteiger partial charge in [-0.1, -0.05) is 30.3 Å². The summed E-state index contributed by atoms with van der Waals surface area (Å²) in [4.78, 5) is 12.8. The summed E-state index contributed by atoms with van der Waals surface area (Å²) < 4.78 is 29.4. The third-order valence-corrected chi connectivity index (χ3v) is 6.95. The second-order valence-electron chi connectivity index (χ2n) is 8.28. The van der Waals surface area contributed by atoms with Crippen molar-refractivity contribution in [3.05, 3.63) is 81.2 Å². The number of hydrogen-bond acceptors (Lipinski definition) is 7. The van der Waals surface area contributed by atoms with Crippen molar-refractivity contribution < 1.29 is 13.3 Å². The first-order chi connectivity index (χ1) is 16.1. The van der Waals surface area contributed by atoms with Crippen LogP contribution in [0.4, 0.5) is 11.4 Å². The van der Waals surface area contributed by atoms with E-state index < -0.39 is 14.9 Å². The Balaban J connectivity index is 1.78. The zero-order chi connectivity index (χ0) is 24.9. The molecule has 2 aromatic carbocycles. The Labute approximate surface area is 199 Å². The van der Waals surface area contributed by atoms with E-state index in [1.807, 2.05) is 67.9 Å². The maximum Gasteiger partial charge on any atom is 0.293 e. The molecule has 0 aliphatic rings. The van der Waals surface area contributed by atoms with E-state index in [0.717, 1.165) is 28.6 Å². The number of hydrogen-bond donors (Lipinski definition) is 2. The summed E-state index contributed by atoms with van der Waals surface area (Å²) in [6, 6.07) is 13.9. The smallest absolute Gasteiger partial charge is 0.293 e. The SMILES string of the molecule is Cc1nn(Cc2ccccc2)c(C)c1CNc1ccc(S(=O)(=O)NCCN(C)C)cc1[N+](=O)[O-]. The minimum Gasteiger partial charge on any atom is -0.375 e. The van der Waals surface area contributed by atoms with Gasteiger partial charge in [0.25, 0.3) is 5.69 Å². The molecular formula is C23H30N6O4S. The molecule has 0 fully saturated rings. The van der Waals surface area contributed by atoms with Gasteiger partial charge in [0.05, 0.1) is 22.1 Å². The summed E-state index contributed by atoms with van der Waals surface area (Å²) in [5, 5.41) is 19.4. The van der Waals surface area contributed by atoms with Crippen LogP contribution in [-0.4, -0.2) is 55.2 Å². The molecule has 0 aliphatic carbocycles. The number of aromatic nitrogens is 2. The number of nitro groups is 1. The van der Waals surface area contributed by atoms with Gasteiger partial charge in [-0.3, -0.25) is 14.8 Å². The molecule has 10 nitrogen and oxygen atoms in total. The fraction of sp³-hybridized carbons (Fsp3) is 0.348. The molecule has 0 radical (unpaired) electrons. The molecular weight excluding hydrogens is 456 g/mol. The predicted octanol–water partition coefficient (Wildman–Crippen LogP) is 2.91. The van der Waals surface area contributed by atoms with Crippen LogP contribution in [0.25, 0.3) is 0 Å². The normalized spacial score (nSPS) is 11.7. The standard InChI is InChI=1S/C23H30N6O4S/c1-17-21(18(2)28(26-17)16-19-8-6-5-7-9-19)15-24-22-11-10-20(14-23(22)29(30)31)34(32,33)25-12-13-27(3)4/h5-11,14,24-25H,12-13,15-16H2,1-4H3. The topological polar surface area (TPSA) is 122 Å². The number of benzene rings is 2. The fourth-order valence-corrected chi connectivity index (χ4v) is 4.59. The zero-order valence-corrected chi connectivity index (χ0v) is 20.6. The first kappa shape index (κ1) is 25.3. The number of aryl methyl sites for hydroxylation is 1. The van der Waals surface area contributed by atoms with E-state index >= 15 is 0 Å². The highest BCUT2D eigenvalue weighted by Gasteiger charge is 2.22. The van der Waals surface area contributed by atoms with E-state index in [0.29, 0.717) is 19.6 Å². The molecule has 3 rings (SSSR count). The molecule has 1 aromatic heterocycles. The van der Waals surface area contributed by atoms with Crippen LogP contribution in [0.15, 0.2) is 53.4 Å². The highest BCUT2D eigenvalue weighted by Crippen LogP contribution is 2.28. The average molecular weight is 487 g/mol. The number of anilines is 1. The third-order valence-electron chi connectivity index (χ3n) is 5.49. The van der Waals surface area contributed by atoms with Crippen LogP contribution in [0.1, 0.15) is 22.5 Å². The van der Waals surface area contributed by atoms with Gasteiger partial charge in [-0.25, -0.2) is 13.1 Å². The monoisotopic (exact) mass is 486 g/mol. The number of likely N-dealkylation sites (N-methyl/N-ethyl adjacent to an activating group) is 1. The van der Waals surface area contributed by atoms with Crippen LogP contribution >= 0.6 is 0 Å². The number of sulfonamides is 1. The Bertz CT molecular complexity index is 1260. The summed E-state index contributed by atoms with van der Waals surface area (Å²) in [5.74, 6) is 0. The highest BCUT2D eigenvalue weighted by atomic mass is 32.2. The van der Waals surface area contributed by atoms with Crippen molar-refractivity contribution in [2.45, 2.75) is 31.8 Å². The van der Waals surface area contributed by atoms with E-state index in [4.69, 9.17) is 0 Å². The lowest BCUT2D eigenvalue weighted by Crippen LogP contribution is -2.31. The lowest BCUT2D eigenvalue weighted by atomic mass is 10.1. The molecule has 0 spiro atoms. The Morgan fingerprint density at radius 2 is 1.82 bits per heavy atom. The van der Waals surface area contributed by atoms with Gasteiger partial charge >= 0.3 is 0 Å². The average Bonchev–Trinajstić information content (AvgIpc) is 3.04. The summed E-state index contributed by atoms with van der Waals surface area (Å²) in [7, 11) is -0.202. The van der Waals surface area contributed by atoms with Crippen LogP contribution in [0.5, 0.6) is 0 Å². The van der Waals surface area contributed by atoms with Gasteiger partial charge in [0.1, 0.15) is 5.69 Å². The Hall–Kier alpha value is -3.28. The second kappa shape index (κ2) is 10.8. The summed E-state index contributed by atoms with van der Waals surface area (Å²) >= 11 is 0. The van der Waals surface area contributed by atoms with Gasteiger partial charge in [0.15, 0.2) is 0 Å². The van der Waals surface area contributed by atoms with Gasteiger partial charge in [-0.2, -0.15) is 5.10 Å². The maximum absolute atomic E-state index is 12.5. The van der Waals surface area contributed by atoms with Crippen molar-refractivity contribution >= 4 is 21.4 Å². The van der Waals surface area contributed by atoms with Crippen molar-refractivity contribution in [1.82, 2.24) is 19.4 Å². The molecule has 0 atom stereocenters. The van der Waals surface area contributed by atoms with Gasteiger partial charge < -0.3 is 10.2 Å². The zero-order valence-electron chi connectivity index (χ0n) is 19.8. The fourth-order valence-electron chi connectivity index (χ4n) is 3.55. The molecule has 0 unspecified atom stereocenters. The lowest BCUT2D eigenvalue weighted by Gasteiger charge is -2.12. The number of rotatable bonds is 11. The van der Waals surface area contributed by atoms with Crippen LogP contribution < -0.4 is 10.0 Å². The lowest BCUT2D eigenvalue weighted by molar-refractivity contribution is -0.384. The molecule has 0 aliphatic heterocycles. The van der Waals surface area contributed by atoms with E-state index in [2.05, 4.69) is 15.1 Å². The Morgan fingerprint density at radius 3 is 2.47 bits per heavy atom. The van der Waals surface area contributed by atoms with Crippen LogP contribution in [0.3, 0.4) is 0 Å².